The van der Waals surface area contributed by atoms with Gasteiger partial charge in [0.25, 0.3) is 0 Å². The van der Waals surface area contributed by atoms with Crippen LogP contribution >= 0.6 is 11.6 Å². The minimum absolute atomic E-state index is 0.215. The zero-order valence-corrected chi connectivity index (χ0v) is 16.8. The Morgan fingerprint density at radius 1 is 1.00 bits per heavy atom. The maximum Gasteiger partial charge on any atom is 0.319 e. The summed E-state index contributed by atoms with van der Waals surface area (Å²) in [5.74, 6) is 0. The highest BCUT2D eigenvalue weighted by molar-refractivity contribution is 6.30. The number of hydrogen-bond donors (Lipinski definition) is 2. The van der Waals surface area contributed by atoms with Crippen molar-refractivity contribution in [1.82, 2.24) is 9.88 Å². The molecule has 27 heavy (non-hydrogen) atoms. The van der Waals surface area contributed by atoms with Gasteiger partial charge in [-0.15, -0.1) is 0 Å². The lowest BCUT2D eigenvalue weighted by Crippen LogP contribution is -2.28. The number of urea groups is 1. The first-order valence-corrected chi connectivity index (χ1v) is 9.28. The molecule has 2 aromatic carbocycles. The Balaban J connectivity index is 1.71. The second kappa shape index (κ2) is 7.89. The summed E-state index contributed by atoms with van der Waals surface area (Å²) in [7, 11) is 0. The SMILES string of the molecule is Cc1cc(C)cc(NC(=O)NCc2cc(C)n(-c3cccc(Cl)c3)c2C)c1. The van der Waals surface area contributed by atoms with Crippen LogP contribution in [0.1, 0.15) is 28.1 Å². The number of hydrogen-bond acceptors (Lipinski definition) is 1. The Morgan fingerprint density at radius 3 is 2.37 bits per heavy atom. The Morgan fingerprint density at radius 2 is 1.70 bits per heavy atom. The molecular weight excluding hydrogens is 358 g/mol. The molecule has 5 heteroatoms. The molecule has 3 aromatic rings. The molecule has 0 aliphatic heterocycles. The van der Waals surface area contributed by atoms with Crippen LogP contribution in [0.25, 0.3) is 5.69 Å². The first-order chi connectivity index (χ1) is 12.8. The number of nitrogens with one attached hydrogen (secondary N) is 2. The molecule has 2 N–H and O–H groups in total. The van der Waals surface area contributed by atoms with Gasteiger partial charge in [-0.1, -0.05) is 23.7 Å². The molecule has 2 amide bonds. The van der Waals surface area contributed by atoms with Gasteiger partial charge < -0.3 is 15.2 Å². The molecule has 0 aliphatic carbocycles. The number of halogens is 1. The minimum Gasteiger partial charge on any atom is -0.334 e. The molecule has 0 fully saturated rings. The highest BCUT2D eigenvalue weighted by Gasteiger charge is 2.12. The van der Waals surface area contributed by atoms with Crippen LogP contribution in [-0.4, -0.2) is 10.6 Å². The number of carbonyl (C=O) groups is 1. The van der Waals surface area contributed by atoms with Gasteiger partial charge in [0.05, 0.1) is 0 Å². The van der Waals surface area contributed by atoms with Gasteiger partial charge in [0.2, 0.25) is 0 Å². The van der Waals surface area contributed by atoms with Crippen molar-refractivity contribution in [2.24, 2.45) is 0 Å². The molecule has 0 atom stereocenters. The van der Waals surface area contributed by atoms with Gasteiger partial charge in [-0.05, 0) is 80.8 Å². The third kappa shape index (κ3) is 4.52. The molecule has 0 radical (unpaired) electrons. The second-order valence-corrected chi connectivity index (χ2v) is 7.33. The van der Waals surface area contributed by atoms with Crippen LogP contribution in [-0.2, 0) is 6.54 Å². The standard InChI is InChI=1S/C22H24ClN3O/c1-14-8-15(2)10-20(9-14)25-22(27)24-13-18-11-16(3)26(17(18)4)21-7-5-6-19(23)12-21/h5-12H,13H2,1-4H3,(H2,24,25,27). The minimum atomic E-state index is -0.215. The van der Waals surface area contributed by atoms with Crippen LogP contribution in [0.3, 0.4) is 0 Å². The zero-order chi connectivity index (χ0) is 19.6. The quantitative estimate of drug-likeness (QED) is 0.599. The number of rotatable bonds is 4. The first kappa shape index (κ1) is 19.1. The average molecular weight is 382 g/mol. The maximum absolute atomic E-state index is 12.3. The summed E-state index contributed by atoms with van der Waals surface area (Å²) < 4.78 is 2.14. The number of carbonyl (C=O) groups excluding carboxylic acids is 1. The van der Waals surface area contributed by atoms with E-state index in [1.165, 1.54) is 0 Å². The summed E-state index contributed by atoms with van der Waals surface area (Å²) in [6.45, 7) is 8.58. The second-order valence-electron chi connectivity index (χ2n) is 6.90. The maximum atomic E-state index is 12.3. The van der Waals surface area contributed by atoms with E-state index in [9.17, 15) is 4.79 Å². The lowest BCUT2D eigenvalue weighted by atomic mass is 10.1. The summed E-state index contributed by atoms with van der Waals surface area (Å²) in [5.41, 5.74) is 7.31. The van der Waals surface area contributed by atoms with E-state index in [1.807, 2.05) is 64.1 Å². The van der Waals surface area contributed by atoms with Gasteiger partial charge >= 0.3 is 6.03 Å². The van der Waals surface area contributed by atoms with Crippen LogP contribution < -0.4 is 10.6 Å². The van der Waals surface area contributed by atoms with Crippen molar-refractivity contribution in [2.45, 2.75) is 34.2 Å². The molecule has 0 aliphatic rings. The molecule has 1 aromatic heterocycles. The molecule has 0 bridgehead atoms. The molecule has 1 heterocycles. The summed E-state index contributed by atoms with van der Waals surface area (Å²) in [5, 5.41) is 6.54. The van der Waals surface area contributed by atoms with Crippen molar-refractivity contribution in [3.05, 3.63) is 81.6 Å². The lowest BCUT2D eigenvalue weighted by Gasteiger charge is -2.11. The van der Waals surface area contributed by atoms with E-state index in [2.05, 4.69) is 27.3 Å². The van der Waals surface area contributed by atoms with E-state index in [-0.39, 0.29) is 6.03 Å². The monoisotopic (exact) mass is 381 g/mol. The van der Waals surface area contributed by atoms with Gasteiger partial charge in [0.1, 0.15) is 0 Å². The predicted molar refractivity (Wildman–Crippen MR) is 112 cm³/mol. The van der Waals surface area contributed by atoms with Crippen LogP contribution in [0.4, 0.5) is 10.5 Å². The van der Waals surface area contributed by atoms with Gasteiger partial charge in [-0.25, -0.2) is 4.79 Å². The molecule has 140 valence electrons. The van der Waals surface area contributed by atoms with E-state index in [4.69, 9.17) is 11.6 Å². The van der Waals surface area contributed by atoms with Gasteiger partial charge in [0.15, 0.2) is 0 Å². The van der Waals surface area contributed by atoms with Crippen LogP contribution in [0.5, 0.6) is 0 Å². The van der Waals surface area contributed by atoms with E-state index in [0.717, 1.165) is 39.5 Å². The number of aromatic nitrogens is 1. The average Bonchev–Trinajstić information content (AvgIpc) is 2.86. The van der Waals surface area contributed by atoms with Gasteiger partial charge in [-0.3, -0.25) is 0 Å². The molecule has 0 saturated heterocycles. The Hall–Kier alpha value is -2.72. The topological polar surface area (TPSA) is 46.1 Å². The normalized spacial score (nSPS) is 10.7. The number of aryl methyl sites for hydroxylation is 3. The molecular formula is C22H24ClN3O. The Bertz CT molecular complexity index is 971. The largest absolute Gasteiger partial charge is 0.334 e. The number of benzene rings is 2. The Labute approximate surface area is 165 Å². The number of amides is 2. The molecule has 0 spiro atoms. The zero-order valence-electron chi connectivity index (χ0n) is 16.1. The highest BCUT2D eigenvalue weighted by Crippen LogP contribution is 2.23. The highest BCUT2D eigenvalue weighted by atomic mass is 35.5. The molecule has 3 rings (SSSR count). The predicted octanol–water partition coefficient (Wildman–Crippen LogP) is 5.69. The lowest BCUT2D eigenvalue weighted by molar-refractivity contribution is 0.251. The fraction of sp³-hybridized carbons (Fsp3) is 0.227. The summed E-state index contributed by atoms with van der Waals surface area (Å²) in [6.07, 6.45) is 0. The molecule has 4 nitrogen and oxygen atoms in total. The van der Waals surface area contributed by atoms with Crippen LogP contribution in [0, 0.1) is 27.7 Å². The van der Waals surface area contributed by atoms with Crippen LogP contribution in [0.2, 0.25) is 5.02 Å². The summed E-state index contributed by atoms with van der Waals surface area (Å²) in [6, 6.07) is 15.6. The Kier molecular flexibility index (Phi) is 5.57. The van der Waals surface area contributed by atoms with Crippen LogP contribution in [0.15, 0.2) is 48.5 Å². The molecule has 0 saturated carbocycles. The van der Waals surface area contributed by atoms with Crippen molar-refractivity contribution >= 4 is 23.3 Å². The van der Waals surface area contributed by atoms with Gasteiger partial charge in [-0.2, -0.15) is 0 Å². The third-order valence-corrected chi connectivity index (χ3v) is 4.76. The van der Waals surface area contributed by atoms with Gasteiger partial charge in [0, 0.05) is 34.3 Å². The van der Waals surface area contributed by atoms with Crippen molar-refractivity contribution < 1.29 is 4.79 Å². The summed E-state index contributed by atoms with van der Waals surface area (Å²) >= 11 is 6.13. The fourth-order valence-corrected chi connectivity index (χ4v) is 3.60. The molecule has 0 unspecified atom stereocenters. The smallest absolute Gasteiger partial charge is 0.319 e. The van der Waals surface area contributed by atoms with E-state index >= 15 is 0 Å². The van der Waals surface area contributed by atoms with Crippen molar-refractivity contribution in [3.8, 4) is 5.69 Å². The van der Waals surface area contributed by atoms with E-state index in [1.54, 1.807) is 0 Å². The number of nitrogens with zero attached hydrogens (tertiary/aromatic N) is 1. The number of anilines is 1. The van der Waals surface area contributed by atoms with Crippen molar-refractivity contribution in [2.75, 3.05) is 5.32 Å². The first-order valence-electron chi connectivity index (χ1n) is 8.90. The van der Waals surface area contributed by atoms with Crippen molar-refractivity contribution in [1.29, 1.82) is 0 Å². The van der Waals surface area contributed by atoms with E-state index in [0.29, 0.717) is 11.6 Å². The van der Waals surface area contributed by atoms with E-state index < -0.39 is 0 Å². The summed E-state index contributed by atoms with van der Waals surface area (Å²) in [4.78, 5) is 12.3. The third-order valence-electron chi connectivity index (χ3n) is 4.52. The fourth-order valence-electron chi connectivity index (χ4n) is 3.42. The van der Waals surface area contributed by atoms with Crippen molar-refractivity contribution in [3.63, 3.8) is 0 Å².